The first kappa shape index (κ1) is 15.1. The van der Waals surface area contributed by atoms with Crippen molar-refractivity contribution in [1.29, 1.82) is 0 Å². The van der Waals surface area contributed by atoms with Gasteiger partial charge in [-0.1, -0.05) is 74.0 Å². The Morgan fingerprint density at radius 1 is 0.875 bits per heavy atom. The Hall–Kier alpha value is -2.48. The van der Waals surface area contributed by atoms with E-state index in [0.29, 0.717) is 11.8 Å². The average Bonchev–Trinajstić information content (AvgIpc) is 3.04. The van der Waals surface area contributed by atoms with E-state index in [0.717, 1.165) is 19.3 Å². The molecule has 120 valence electrons. The molecule has 0 saturated heterocycles. The molecule has 24 heavy (non-hydrogen) atoms. The van der Waals surface area contributed by atoms with Crippen molar-refractivity contribution in [2.45, 2.75) is 38.0 Å². The maximum atomic E-state index is 4.64. The fourth-order valence-electron chi connectivity index (χ4n) is 4.03. The van der Waals surface area contributed by atoms with Gasteiger partial charge in [-0.15, -0.1) is 0 Å². The summed E-state index contributed by atoms with van der Waals surface area (Å²) < 4.78 is 0. The van der Waals surface area contributed by atoms with Crippen LogP contribution in [-0.2, 0) is 12.8 Å². The summed E-state index contributed by atoms with van der Waals surface area (Å²) in [6.45, 7) is 2.22. The summed E-state index contributed by atoms with van der Waals surface area (Å²) in [5.41, 5.74) is 6.61. The Kier molecular flexibility index (Phi) is 4.12. The highest BCUT2D eigenvalue weighted by Crippen LogP contribution is 2.48. The molecule has 1 aromatic heterocycles. The monoisotopic (exact) mass is 314 g/mol. The molecule has 3 aromatic rings. The second-order valence-electron chi connectivity index (χ2n) is 6.54. The number of fused-ring (bicyclic) bond motifs is 1. The van der Waals surface area contributed by atoms with Gasteiger partial charge in [0.25, 0.3) is 0 Å². The van der Waals surface area contributed by atoms with E-state index < -0.39 is 0 Å². The standard InChI is InChI=1S/C22H22N2/c1-2-9-19-22-20(24-15-23-19)14-18(16-10-5-3-6-11-16)21(22)17-12-7-4-8-13-17/h3-8,10-13,15,18,21H,2,9,14H2,1H3. The molecule has 1 aliphatic carbocycles. The Balaban J connectivity index is 1.87. The quantitative estimate of drug-likeness (QED) is 0.684. The number of nitrogens with zero attached hydrogens (tertiary/aromatic N) is 2. The summed E-state index contributed by atoms with van der Waals surface area (Å²) in [5.74, 6) is 0.794. The van der Waals surface area contributed by atoms with Gasteiger partial charge in [0.1, 0.15) is 6.33 Å². The van der Waals surface area contributed by atoms with Crippen LogP contribution in [0.1, 0.15) is 53.3 Å². The zero-order valence-electron chi connectivity index (χ0n) is 14.0. The summed E-state index contributed by atoms with van der Waals surface area (Å²) in [7, 11) is 0. The third-order valence-electron chi connectivity index (χ3n) is 5.05. The molecule has 0 fully saturated rings. The molecule has 2 atom stereocenters. The van der Waals surface area contributed by atoms with Crippen LogP contribution in [0.4, 0.5) is 0 Å². The van der Waals surface area contributed by atoms with Crippen molar-refractivity contribution in [3.63, 3.8) is 0 Å². The minimum Gasteiger partial charge on any atom is -0.241 e. The van der Waals surface area contributed by atoms with Crippen molar-refractivity contribution in [1.82, 2.24) is 9.97 Å². The smallest absolute Gasteiger partial charge is 0.115 e. The molecule has 4 rings (SSSR count). The summed E-state index contributed by atoms with van der Waals surface area (Å²) >= 11 is 0. The topological polar surface area (TPSA) is 25.8 Å². The molecule has 1 heterocycles. The van der Waals surface area contributed by atoms with E-state index in [-0.39, 0.29) is 0 Å². The van der Waals surface area contributed by atoms with Crippen LogP contribution < -0.4 is 0 Å². The number of hydrogen-bond acceptors (Lipinski definition) is 2. The maximum Gasteiger partial charge on any atom is 0.115 e. The molecular weight excluding hydrogens is 292 g/mol. The predicted molar refractivity (Wildman–Crippen MR) is 97.2 cm³/mol. The second-order valence-corrected chi connectivity index (χ2v) is 6.54. The van der Waals surface area contributed by atoms with E-state index in [1.807, 2.05) is 0 Å². The molecular formula is C22H22N2. The van der Waals surface area contributed by atoms with E-state index >= 15 is 0 Å². The van der Waals surface area contributed by atoms with Crippen molar-refractivity contribution in [2.24, 2.45) is 0 Å². The molecule has 2 nitrogen and oxygen atoms in total. The first-order chi connectivity index (χ1) is 11.9. The molecule has 2 unspecified atom stereocenters. The molecule has 2 aromatic carbocycles. The Morgan fingerprint density at radius 3 is 2.21 bits per heavy atom. The molecule has 0 spiro atoms. The first-order valence-electron chi connectivity index (χ1n) is 8.81. The van der Waals surface area contributed by atoms with Gasteiger partial charge in [0.15, 0.2) is 0 Å². The molecule has 0 N–H and O–H groups in total. The number of benzene rings is 2. The van der Waals surface area contributed by atoms with Gasteiger partial charge in [-0.25, -0.2) is 9.97 Å². The van der Waals surface area contributed by atoms with Crippen LogP contribution in [0.25, 0.3) is 0 Å². The lowest BCUT2D eigenvalue weighted by Gasteiger charge is -2.22. The molecule has 0 radical (unpaired) electrons. The van der Waals surface area contributed by atoms with Crippen molar-refractivity contribution in [3.8, 4) is 0 Å². The van der Waals surface area contributed by atoms with Crippen LogP contribution in [0.3, 0.4) is 0 Å². The summed E-state index contributed by atoms with van der Waals surface area (Å²) in [6, 6.07) is 21.7. The highest BCUT2D eigenvalue weighted by Gasteiger charge is 2.37. The third kappa shape index (κ3) is 2.62. The third-order valence-corrected chi connectivity index (χ3v) is 5.05. The minimum absolute atomic E-state index is 0.353. The van der Waals surface area contributed by atoms with Crippen LogP contribution in [0.15, 0.2) is 67.0 Å². The average molecular weight is 314 g/mol. The normalized spacial score (nSPS) is 19.2. The van der Waals surface area contributed by atoms with Crippen LogP contribution in [0.2, 0.25) is 0 Å². The number of aryl methyl sites for hydroxylation is 1. The summed E-state index contributed by atoms with van der Waals surface area (Å²) in [4.78, 5) is 9.28. The Morgan fingerprint density at radius 2 is 1.54 bits per heavy atom. The lowest BCUT2D eigenvalue weighted by atomic mass is 9.81. The highest BCUT2D eigenvalue weighted by atomic mass is 14.9. The molecule has 0 amide bonds. The van der Waals surface area contributed by atoms with Crippen molar-refractivity contribution < 1.29 is 0 Å². The fraction of sp³-hybridized carbons (Fsp3) is 0.273. The number of aromatic nitrogens is 2. The van der Waals surface area contributed by atoms with E-state index in [2.05, 4.69) is 77.6 Å². The van der Waals surface area contributed by atoms with E-state index in [1.165, 1.54) is 28.1 Å². The molecule has 0 bridgehead atoms. The Bertz CT molecular complexity index is 812. The largest absolute Gasteiger partial charge is 0.241 e. The van der Waals surface area contributed by atoms with Gasteiger partial charge in [-0.3, -0.25) is 0 Å². The van der Waals surface area contributed by atoms with E-state index in [4.69, 9.17) is 0 Å². The molecule has 1 aliphatic rings. The van der Waals surface area contributed by atoms with E-state index in [9.17, 15) is 0 Å². The van der Waals surface area contributed by atoms with Gasteiger partial charge in [0.2, 0.25) is 0 Å². The lowest BCUT2D eigenvalue weighted by molar-refractivity contribution is 0.649. The first-order valence-corrected chi connectivity index (χ1v) is 8.81. The zero-order valence-corrected chi connectivity index (χ0v) is 14.0. The molecule has 0 saturated carbocycles. The number of hydrogen-bond donors (Lipinski definition) is 0. The summed E-state index contributed by atoms with van der Waals surface area (Å²) in [5, 5.41) is 0. The van der Waals surface area contributed by atoms with Gasteiger partial charge in [0, 0.05) is 28.8 Å². The summed E-state index contributed by atoms with van der Waals surface area (Å²) in [6.07, 6.45) is 4.88. The van der Waals surface area contributed by atoms with Crippen molar-refractivity contribution >= 4 is 0 Å². The van der Waals surface area contributed by atoms with Crippen LogP contribution >= 0.6 is 0 Å². The van der Waals surface area contributed by atoms with Crippen LogP contribution in [-0.4, -0.2) is 9.97 Å². The van der Waals surface area contributed by atoms with Gasteiger partial charge in [-0.05, 0) is 24.0 Å². The minimum atomic E-state index is 0.353. The van der Waals surface area contributed by atoms with Gasteiger partial charge < -0.3 is 0 Å². The predicted octanol–water partition coefficient (Wildman–Crippen LogP) is 4.90. The van der Waals surface area contributed by atoms with Crippen molar-refractivity contribution in [2.75, 3.05) is 0 Å². The maximum absolute atomic E-state index is 4.64. The van der Waals surface area contributed by atoms with Crippen LogP contribution in [0.5, 0.6) is 0 Å². The zero-order chi connectivity index (χ0) is 16.4. The Labute approximate surface area is 143 Å². The fourth-order valence-corrected chi connectivity index (χ4v) is 4.03. The lowest BCUT2D eigenvalue weighted by Crippen LogP contribution is -2.10. The van der Waals surface area contributed by atoms with E-state index in [1.54, 1.807) is 6.33 Å². The van der Waals surface area contributed by atoms with Crippen LogP contribution in [0, 0.1) is 0 Å². The highest BCUT2D eigenvalue weighted by molar-refractivity contribution is 5.47. The number of rotatable bonds is 4. The van der Waals surface area contributed by atoms with Crippen molar-refractivity contribution in [3.05, 3.63) is 95.1 Å². The van der Waals surface area contributed by atoms with Gasteiger partial charge in [-0.2, -0.15) is 0 Å². The second kappa shape index (κ2) is 6.56. The van der Waals surface area contributed by atoms with Gasteiger partial charge >= 0.3 is 0 Å². The van der Waals surface area contributed by atoms with Gasteiger partial charge in [0.05, 0.1) is 0 Å². The SMILES string of the molecule is CCCc1ncnc2c1C(c1ccccc1)C(c1ccccc1)C2. The molecule has 0 aliphatic heterocycles. The molecule has 2 heteroatoms.